The first kappa shape index (κ1) is 16.2. The van der Waals surface area contributed by atoms with Crippen molar-refractivity contribution in [2.24, 2.45) is 11.7 Å². The van der Waals surface area contributed by atoms with Crippen molar-refractivity contribution >= 4 is 0 Å². The Labute approximate surface area is 118 Å². The third-order valence-corrected chi connectivity index (χ3v) is 4.14. The molecule has 2 unspecified atom stereocenters. The van der Waals surface area contributed by atoms with E-state index in [4.69, 9.17) is 5.73 Å². The Bertz CT molecular complexity index is 319. The quantitative estimate of drug-likeness (QED) is 0.714. The maximum Gasteiger partial charge on any atom is 0.0196 e. The normalized spacial score (nSPS) is 14.6. The smallest absolute Gasteiger partial charge is 0.0196 e. The lowest BCUT2D eigenvalue weighted by Crippen LogP contribution is -2.39. The van der Waals surface area contributed by atoms with Gasteiger partial charge in [-0.05, 0) is 30.4 Å². The van der Waals surface area contributed by atoms with Crippen LogP contribution in [0.15, 0.2) is 30.3 Å². The molecule has 0 spiro atoms. The minimum absolute atomic E-state index is 0.427. The second-order valence-electron chi connectivity index (χ2n) is 5.57. The van der Waals surface area contributed by atoms with Gasteiger partial charge in [0.05, 0.1) is 0 Å². The fourth-order valence-electron chi connectivity index (χ4n) is 2.52. The number of rotatable bonds is 9. The Hall–Kier alpha value is -0.860. The van der Waals surface area contributed by atoms with Gasteiger partial charge in [0.25, 0.3) is 0 Å². The van der Waals surface area contributed by atoms with E-state index in [9.17, 15) is 0 Å². The summed E-state index contributed by atoms with van der Waals surface area (Å²) in [5.74, 6) is 1.34. The van der Waals surface area contributed by atoms with Crippen LogP contribution in [0.2, 0.25) is 0 Å². The van der Waals surface area contributed by atoms with Crippen LogP contribution >= 0.6 is 0 Å². The van der Waals surface area contributed by atoms with Gasteiger partial charge in [-0.2, -0.15) is 0 Å². The molecule has 2 atom stereocenters. The molecule has 3 N–H and O–H groups in total. The van der Waals surface area contributed by atoms with Crippen LogP contribution in [0.1, 0.15) is 51.5 Å². The van der Waals surface area contributed by atoms with Gasteiger partial charge in [-0.25, -0.2) is 0 Å². The second-order valence-corrected chi connectivity index (χ2v) is 5.57. The molecule has 0 aromatic heterocycles. The van der Waals surface area contributed by atoms with E-state index in [1.807, 2.05) is 0 Å². The van der Waals surface area contributed by atoms with Gasteiger partial charge in [-0.15, -0.1) is 0 Å². The van der Waals surface area contributed by atoms with Gasteiger partial charge in [0, 0.05) is 12.6 Å². The van der Waals surface area contributed by atoms with Gasteiger partial charge in [0.15, 0.2) is 0 Å². The van der Waals surface area contributed by atoms with Gasteiger partial charge in [0.2, 0.25) is 0 Å². The molecule has 2 nitrogen and oxygen atoms in total. The lowest BCUT2D eigenvalue weighted by molar-refractivity contribution is 0.386. The maximum atomic E-state index is 5.91. The first-order valence-corrected chi connectivity index (χ1v) is 7.69. The molecule has 0 aliphatic carbocycles. The number of nitrogens with two attached hydrogens (primary N) is 1. The zero-order chi connectivity index (χ0) is 14.1. The van der Waals surface area contributed by atoms with E-state index < -0.39 is 0 Å². The van der Waals surface area contributed by atoms with Crippen molar-refractivity contribution in [2.75, 3.05) is 13.1 Å². The Kier molecular flexibility index (Phi) is 7.76. The molecule has 2 heteroatoms. The van der Waals surface area contributed by atoms with Crippen molar-refractivity contribution in [3.63, 3.8) is 0 Å². The summed E-state index contributed by atoms with van der Waals surface area (Å²) in [6, 6.07) is 11.1. The van der Waals surface area contributed by atoms with Crippen molar-refractivity contribution in [1.29, 1.82) is 0 Å². The van der Waals surface area contributed by atoms with Crippen LogP contribution in [0.4, 0.5) is 0 Å². The van der Waals surface area contributed by atoms with Crippen molar-refractivity contribution in [3.8, 4) is 0 Å². The molecule has 0 aliphatic heterocycles. The molecule has 108 valence electrons. The number of hydrogen-bond acceptors (Lipinski definition) is 2. The predicted molar refractivity (Wildman–Crippen MR) is 84.4 cm³/mol. The molecular weight excluding hydrogens is 232 g/mol. The number of nitrogens with one attached hydrogen (secondary N) is 1. The van der Waals surface area contributed by atoms with E-state index in [1.54, 1.807) is 0 Å². The number of benzene rings is 1. The molecule has 0 radical (unpaired) electrons. The van der Waals surface area contributed by atoms with Gasteiger partial charge in [0.1, 0.15) is 0 Å². The van der Waals surface area contributed by atoms with E-state index >= 15 is 0 Å². The molecular formula is C17H30N2. The molecule has 1 rings (SSSR count). The third kappa shape index (κ3) is 5.75. The molecule has 1 aromatic rings. The third-order valence-electron chi connectivity index (χ3n) is 4.14. The summed E-state index contributed by atoms with van der Waals surface area (Å²) >= 11 is 0. The first-order valence-electron chi connectivity index (χ1n) is 7.69. The lowest BCUT2D eigenvalue weighted by atomic mass is 9.93. The van der Waals surface area contributed by atoms with Crippen LogP contribution in [-0.2, 0) is 0 Å². The fourth-order valence-corrected chi connectivity index (χ4v) is 2.52. The van der Waals surface area contributed by atoms with Gasteiger partial charge in [-0.1, -0.05) is 63.9 Å². The summed E-state index contributed by atoms with van der Waals surface area (Å²) in [6.45, 7) is 8.63. The zero-order valence-corrected chi connectivity index (χ0v) is 12.7. The Balaban J connectivity index is 2.43. The Morgan fingerprint density at radius 1 is 1.11 bits per heavy atom. The second kappa shape index (κ2) is 9.11. The van der Waals surface area contributed by atoms with Crippen LogP contribution in [0.5, 0.6) is 0 Å². The summed E-state index contributed by atoms with van der Waals surface area (Å²) in [5, 5.41) is 3.65. The SMILES string of the molecule is CCC(CC)CNC(CN)CC(C)c1ccccc1. The van der Waals surface area contributed by atoms with Crippen LogP contribution < -0.4 is 11.1 Å². The van der Waals surface area contributed by atoms with E-state index in [0.29, 0.717) is 12.0 Å². The molecule has 0 saturated carbocycles. The van der Waals surface area contributed by atoms with Crippen molar-refractivity contribution in [1.82, 2.24) is 5.32 Å². The highest BCUT2D eigenvalue weighted by Gasteiger charge is 2.14. The van der Waals surface area contributed by atoms with Crippen LogP contribution in [-0.4, -0.2) is 19.1 Å². The molecule has 19 heavy (non-hydrogen) atoms. The van der Waals surface area contributed by atoms with E-state index in [2.05, 4.69) is 56.4 Å². The number of hydrogen-bond donors (Lipinski definition) is 2. The molecule has 0 amide bonds. The molecule has 0 saturated heterocycles. The monoisotopic (exact) mass is 262 g/mol. The highest BCUT2D eigenvalue weighted by atomic mass is 14.9. The van der Waals surface area contributed by atoms with E-state index in [0.717, 1.165) is 25.4 Å². The first-order chi connectivity index (χ1) is 9.21. The largest absolute Gasteiger partial charge is 0.329 e. The van der Waals surface area contributed by atoms with Gasteiger partial charge >= 0.3 is 0 Å². The minimum Gasteiger partial charge on any atom is -0.329 e. The van der Waals surface area contributed by atoms with Crippen LogP contribution in [0.3, 0.4) is 0 Å². The van der Waals surface area contributed by atoms with Crippen LogP contribution in [0.25, 0.3) is 0 Å². The summed E-state index contributed by atoms with van der Waals surface area (Å²) in [5.41, 5.74) is 7.31. The van der Waals surface area contributed by atoms with Crippen molar-refractivity contribution in [3.05, 3.63) is 35.9 Å². The molecule has 0 aliphatic rings. The average molecular weight is 262 g/mol. The fraction of sp³-hybridized carbons (Fsp3) is 0.647. The van der Waals surface area contributed by atoms with Gasteiger partial charge < -0.3 is 11.1 Å². The maximum absolute atomic E-state index is 5.91. The van der Waals surface area contributed by atoms with E-state index in [1.165, 1.54) is 18.4 Å². The highest BCUT2D eigenvalue weighted by Crippen LogP contribution is 2.20. The Morgan fingerprint density at radius 3 is 2.26 bits per heavy atom. The summed E-state index contributed by atoms with van der Waals surface area (Å²) in [4.78, 5) is 0. The summed E-state index contributed by atoms with van der Waals surface area (Å²) < 4.78 is 0. The zero-order valence-electron chi connectivity index (χ0n) is 12.7. The summed E-state index contributed by atoms with van der Waals surface area (Å²) in [6.07, 6.45) is 3.60. The molecule has 0 fully saturated rings. The highest BCUT2D eigenvalue weighted by molar-refractivity contribution is 5.18. The molecule has 0 bridgehead atoms. The lowest BCUT2D eigenvalue weighted by Gasteiger charge is -2.23. The molecule has 1 aromatic carbocycles. The van der Waals surface area contributed by atoms with Crippen LogP contribution in [0, 0.1) is 5.92 Å². The minimum atomic E-state index is 0.427. The van der Waals surface area contributed by atoms with Crippen molar-refractivity contribution in [2.45, 2.75) is 52.0 Å². The van der Waals surface area contributed by atoms with E-state index in [-0.39, 0.29) is 0 Å². The van der Waals surface area contributed by atoms with Crippen molar-refractivity contribution < 1.29 is 0 Å². The standard InChI is InChI=1S/C17H30N2/c1-4-15(5-2)13-19-17(12-18)11-14(3)16-9-7-6-8-10-16/h6-10,14-15,17,19H,4-5,11-13,18H2,1-3H3. The van der Waals surface area contributed by atoms with Gasteiger partial charge in [-0.3, -0.25) is 0 Å². The Morgan fingerprint density at radius 2 is 1.74 bits per heavy atom. The molecule has 0 heterocycles. The predicted octanol–water partition coefficient (Wildman–Crippen LogP) is 3.53. The summed E-state index contributed by atoms with van der Waals surface area (Å²) in [7, 11) is 0. The topological polar surface area (TPSA) is 38.0 Å². The average Bonchev–Trinajstić information content (AvgIpc) is 2.47.